The third-order valence-electron chi connectivity index (χ3n) is 6.31. The minimum absolute atomic E-state index is 0.605. The van der Waals surface area contributed by atoms with Crippen LogP contribution in [-0.2, 0) is 6.42 Å². The van der Waals surface area contributed by atoms with Gasteiger partial charge < -0.3 is 15.1 Å². The minimum Gasteiger partial charge on any atom is -0.355 e. The van der Waals surface area contributed by atoms with Gasteiger partial charge in [-0.15, -0.1) is 0 Å². The van der Waals surface area contributed by atoms with Crippen LogP contribution < -0.4 is 10.2 Å². The van der Waals surface area contributed by atoms with Crippen LogP contribution in [0.5, 0.6) is 0 Å². The molecule has 1 aromatic heterocycles. The quantitative estimate of drug-likeness (QED) is 0.914. The van der Waals surface area contributed by atoms with Crippen LogP contribution in [0.3, 0.4) is 0 Å². The molecule has 4 rings (SSSR count). The first kappa shape index (κ1) is 16.3. The molecule has 2 aliphatic heterocycles. The number of fused-ring (bicyclic) bond motifs is 1. The van der Waals surface area contributed by atoms with Crippen molar-refractivity contribution in [2.24, 2.45) is 11.8 Å². The van der Waals surface area contributed by atoms with E-state index in [-0.39, 0.29) is 0 Å². The van der Waals surface area contributed by atoms with E-state index in [1.165, 1.54) is 38.8 Å². The average molecular weight is 329 g/mol. The number of hydrogen-bond donors (Lipinski definition) is 1. The van der Waals surface area contributed by atoms with E-state index in [9.17, 15) is 0 Å². The van der Waals surface area contributed by atoms with E-state index in [1.54, 1.807) is 6.33 Å². The molecule has 132 valence electrons. The van der Waals surface area contributed by atoms with E-state index in [0.29, 0.717) is 6.04 Å². The monoisotopic (exact) mass is 329 g/mol. The third kappa shape index (κ3) is 3.29. The smallest absolute Gasteiger partial charge is 0.132 e. The fourth-order valence-corrected chi connectivity index (χ4v) is 5.07. The van der Waals surface area contributed by atoms with Crippen molar-refractivity contribution in [1.29, 1.82) is 0 Å². The minimum atomic E-state index is 0.605. The Hall–Kier alpha value is -1.20. The number of nitrogens with zero attached hydrogens (tertiary/aromatic N) is 4. The Labute approximate surface area is 145 Å². The SMILES string of the molecule is CCc1cc(N2CCCC(NC3CC[C@@H]4CN(C)C[C@H]34)C2)ncn1. The highest BCUT2D eigenvalue weighted by atomic mass is 15.2. The molecule has 1 N–H and O–H groups in total. The highest BCUT2D eigenvalue weighted by Gasteiger charge is 2.42. The van der Waals surface area contributed by atoms with Gasteiger partial charge in [-0.05, 0) is 51.0 Å². The van der Waals surface area contributed by atoms with Gasteiger partial charge in [0, 0.05) is 50.0 Å². The van der Waals surface area contributed by atoms with E-state index in [1.807, 2.05) is 0 Å². The van der Waals surface area contributed by atoms with Crippen molar-refractivity contribution >= 4 is 5.82 Å². The topological polar surface area (TPSA) is 44.3 Å². The van der Waals surface area contributed by atoms with Crippen LogP contribution in [0.15, 0.2) is 12.4 Å². The summed E-state index contributed by atoms with van der Waals surface area (Å²) in [4.78, 5) is 13.8. The van der Waals surface area contributed by atoms with Gasteiger partial charge in [-0.1, -0.05) is 6.92 Å². The second kappa shape index (κ2) is 6.96. The van der Waals surface area contributed by atoms with Gasteiger partial charge in [-0.25, -0.2) is 9.97 Å². The molecule has 1 aliphatic carbocycles. The van der Waals surface area contributed by atoms with E-state index < -0.39 is 0 Å². The Bertz CT molecular complexity index is 562. The van der Waals surface area contributed by atoms with Gasteiger partial charge in [0.25, 0.3) is 0 Å². The maximum Gasteiger partial charge on any atom is 0.132 e. The largest absolute Gasteiger partial charge is 0.355 e. The van der Waals surface area contributed by atoms with Gasteiger partial charge in [-0.3, -0.25) is 0 Å². The van der Waals surface area contributed by atoms with Gasteiger partial charge in [0.2, 0.25) is 0 Å². The fraction of sp³-hybridized carbons (Fsp3) is 0.789. The van der Waals surface area contributed by atoms with Crippen molar-refractivity contribution in [3.05, 3.63) is 18.1 Å². The maximum atomic E-state index is 4.52. The number of piperidine rings is 1. The van der Waals surface area contributed by atoms with Crippen LogP contribution in [0.1, 0.15) is 38.3 Å². The number of likely N-dealkylation sites (tertiary alicyclic amines) is 1. The predicted molar refractivity (Wildman–Crippen MR) is 97.3 cm³/mol. The molecule has 3 fully saturated rings. The molecule has 0 radical (unpaired) electrons. The molecule has 24 heavy (non-hydrogen) atoms. The van der Waals surface area contributed by atoms with Crippen LogP contribution in [0, 0.1) is 11.8 Å². The van der Waals surface area contributed by atoms with E-state index in [0.717, 1.165) is 48.9 Å². The molecule has 5 heteroatoms. The van der Waals surface area contributed by atoms with Crippen molar-refractivity contribution in [1.82, 2.24) is 20.2 Å². The van der Waals surface area contributed by atoms with Gasteiger partial charge in [-0.2, -0.15) is 0 Å². The second-order valence-corrected chi connectivity index (χ2v) is 8.00. The molecule has 2 saturated heterocycles. The molecule has 0 amide bonds. The molecule has 2 unspecified atom stereocenters. The highest BCUT2D eigenvalue weighted by molar-refractivity contribution is 5.39. The van der Waals surface area contributed by atoms with Crippen LogP contribution in [0.4, 0.5) is 5.82 Å². The normalized spacial score (nSPS) is 33.8. The zero-order valence-electron chi connectivity index (χ0n) is 15.1. The van der Waals surface area contributed by atoms with Crippen LogP contribution >= 0.6 is 0 Å². The molecular formula is C19H31N5. The van der Waals surface area contributed by atoms with Crippen molar-refractivity contribution in [3.63, 3.8) is 0 Å². The molecule has 5 nitrogen and oxygen atoms in total. The first-order valence-corrected chi connectivity index (χ1v) is 9.73. The number of rotatable bonds is 4. The second-order valence-electron chi connectivity index (χ2n) is 8.00. The number of nitrogens with one attached hydrogen (secondary N) is 1. The molecule has 0 bridgehead atoms. The molecule has 3 heterocycles. The molecule has 0 aromatic carbocycles. The predicted octanol–water partition coefficient (Wildman–Crippen LogP) is 1.94. The average Bonchev–Trinajstić information content (AvgIpc) is 3.15. The Balaban J connectivity index is 1.38. The first-order chi connectivity index (χ1) is 11.7. The van der Waals surface area contributed by atoms with Crippen molar-refractivity contribution in [3.8, 4) is 0 Å². The van der Waals surface area contributed by atoms with Gasteiger partial charge in [0.05, 0.1) is 0 Å². The summed E-state index contributed by atoms with van der Waals surface area (Å²) in [5, 5.41) is 4.03. The number of hydrogen-bond acceptors (Lipinski definition) is 5. The van der Waals surface area contributed by atoms with E-state index >= 15 is 0 Å². The fourth-order valence-electron chi connectivity index (χ4n) is 5.07. The maximum absolute atomic E-state index is 4.52. The summed E-state index contributed by atoms with van der Waals surface area (Å²) >= 11 is 0. The lowest BCUT2D eigenvalue weighted by Crippen LogP contribution is -2.51. The van der Waals surface area contributed by atoms with Crippen molar-refractivity contribution < 1.29 is 0 Å². The van der Waals surface area contributed by atoms with Gasteiger partial charge >= 0.3 is 0 Å². The lowest BCUT2D eigenvalue weighted by molar-refractivity contribution is 0.302. The summed E-state index contributed by atoms with van der Waals surface area (Å²) in [6.07, 6.45) is 8.03. The third-order valence-corrected chi connectivity index (χ3v) is 6.31. The molecule has 3 aliphatic rings. The number of anilines is 1. The van der Waals surface area contributed by atoms with Crippen molar-refractivity contribution in [2.75, 3.05) is 38.1 Å². The van der Waals surface area contributed by atoms with Crippen LogP contribution in [0.25, 0.3) is 0 Å². The number of aryl methyl sites for hydroxylation is 1. The van der Waals surface area contributed by atoms with Crippen LogP contribution in [-0.4, -0.2) is 60.2 Å². The Morgan fingerprint density at radius 2 is 2.08 bits per heavy atom. The zero-order chi connectivity index (χ0) is 16.5. The highest BCUT2D eigenvalue weighted by Crippen LogP contribution is 2.38. The van der Waals surface area contributed by atoms with Gasteiger partial charge in [0.1, 0.15) is 12.1 Å². The summed E-state index contributed by atoms with van der Waals surface area (Å²) in [5.74, 6) is 2.91. The number of aromatic nitrogens is 2. The zero-order valence-corrected chi connectivity index (χ0v) is 15.1. The Morgan fingerprint density at radius 1 is 1.17 bits per heavy atom. The first-order valence-electron chi connectivity index (χ1n) is 9.73. The Morgan fingerprint density at radius 3 is 2.96 bits per heavy atom. The summed E-state index contributed by atoms with van der Waals surface area (Å²) in [5.41, 5.74) is 1.14. The standard InChI is InChI=1S/C19H31N5/c1-3-15-9-19(21-13-20-15)24-8-4-5-16(11-24)22-18-7-6-14-10-23(2)12-17(14)18/h9,13-14,16-18,22H,3-8,10-12H2,1-2H3/t14-,16?,17+,18?/m1/s1. The summed E-state index contributed by atoms with van der Waals surface area (Å²) < 4.78 is 0. The molecule has 0 spiro atoms. The molecule has 1 saturated carbocycles. The van der Waals surface area contributed by atoms with Crippen LogP contribution in [0.2, 0.25) is 0 Å². The van der Waals surface area contributed by atoms with E-state index in [4.69, 9.17) is 0 Å². The summed E-state index contributed by atoms with van der Waals surface area (Å²) in [6, 6.07) is 3.50. The lowest BCUT2D eigenvalue weighted by atomic mass is 9.96. The summed E-state index contributed by atoms with van der Waals surface area (Å²) in [6.45, 7) is 6.95. The summed E-state index contributed by atoms with van der Waals surface area (Å²) in [7, 11) is 2.28. The van der Waals surface area contributed by atoms with Crippen molar-refractivity contribution in [2.45, 2.75) is 51.1 Å². The lowest BCUT2D eigenvalue weighted by Gasteiger charge is -2.36. The van der Waals surface area contributed by atoms with Gasteiger partial charge in [0.15, 0.2) is 0 Å². The Kier molecular flexibility index (Phi) is 4.72. The molecule has 4 atom stereocenters. The molecule has 1 aromatic rings. The van der Waals surface area contributed by atoms with E-state index in [2.05, 4.69) is 45.1 Å². The molecular weight excluding hydrogens is 298 g/mol.